The molecule has 2 atom stereocenters. The number of nitrogens with zero attached hydrogens (tertiary/aromatic N) is 1. The third-order valence-corrected chi connectivity index (χ3v) is 11.1. The molecule has 0 bridgehead atoms. The minimum absolute atomic E-state index is 0.153. The average Bonchev–Trinajstić information content (AvgIpc) is 3.18. The van der Waals surface area contributed by atoms with Gasteiger partial charge in [0.05, 0.1) is 40.3 Å². The lowest BCUT2D eigenvalue weighted by Gasteiger charge is -2.26. The Kier molecular flexibility index (Phi) is 40.8. The monoisotopic (exact) mass is 826 g/mol. The molecule has 0 aromatic heterocycles. The summed E-state index contributed by atoms with van der Waals surface area (Å²) in [6.07, 6.45) is 40.2. The highest BCUT2D eigenvalue weighted by atomic mass is 16.7. The number of aliphatic carboxylic acids is 1. The number of carboxylic acids is 1. The van der Waals surface area contributed by atoms with E-state index in [4.69, 9.17) is 18.9 Å². The van der Waals surface area contributed by atoms with Crippen molar-refractivity contribution in [1.29, 1.82) is 0 Å². The van der Waals surface area contributed by atoms with Gasteiger partial charge in [0.25, 0.3) is 0 Å². The van der Waals surface area contributed by atoms with Crippen LogP contribution in [0.3, 0.4) is 0 Å². The fourth-order valence-corrected chi connectivity index (χ4v) is 7.24. The van der Waals surface area contributed by atoms with Crippen LogP contribution in [0, 0.1) is 0 Å². The third kappa shape index (κ3) is 42.4. The normalized spacial score (nSPS) is 12.8. The quantitative estimate of drug-likeness (QED) is 0.0258. The second-order valence-electron chi connectivity index (χ2n) is 18.1. The van der Waals surface area contributed by atoms with E-state index in [-0.39, 0.29) is 32.2 Å². The molecule has 0 spiro atoms. The average molecular weight is 826 g/mol. The maximum Gasteiger partial charge on any atom is 0.306 e. The Bertz CT molecular complexity index is 923. The van der Waals surface area contributed by atoms with Crippen LogP contribution in [-0.4, -0.2) is 82.3 Å². The number of carbonyl (C=O) groups excluding carboxylic acids is 3. The summed E-state index contributed by atoms with van der Waals surface area (Å²) in [5, 5.41) is 11.7. The Labute approximate surface area is 358 Å². The molecule has 0 aliphatic carbocycles. The molecule has 0 saturated heterocycles. The van der Waals surface area contributed by atoms with Crippen molar-refractivity contribution in [3.8, 4) is 0 Å². The molecule has 0 aliphatic rings. The van der Waals surface area contributed by atoms with Crippen LogP contribution in [0.5, 0.6) is 0 Å². The zero-order valence-electron chi connectivity index (χ0n) is 38.9. The second-order valence-corrected chi connectivity index (χ2v) is 18.1. The van der Waals surface area contributed by atoms with Gasteiger partial charge in [0.2, 0.25) is 0 Å². The summed E-state index contributed by atoms with van der Waals surface area (Å²) in [6.45, 7) is 4.74. The molecule has 344 valence electrons. The van der Waals surface area contributed by atoms with Crippen molar-refractivity contribution < 1.29 is 42.9 Å². The highest BCUT2D eigenvalue weighted by Gasteiger charge is 2.22. The molecule has 0 aliphatic heterocycles. The van der Waals surface area contributed by atoms with Gasteiger partial charge in [-0.05, 0) is 12.8 Å². The number of ether oxygens (including phenoxy) is 4. The number of rotatable bonds is 46. The van der Waals surface area contributed by atoms with Gasteiger partial charge >= 0.3 is 11.9 Å². The lowest BCUT2D eigenvalue weighted by molar-refractivity contribution is -0.870. The smallest absolute Gasteiger partial charge is 0.306 e. The topological polar surface area (TPSA) is 111 Å². The first kappa shape index (κ1) is 56.3. The molecule has 0 aromatic rings. The molecule has 0 fully saturated rings. The van der Waals surface area contributed by atoms with E-state index in [1.807, 2.05) is 21.1 Å². The highest BCUT2D eigenvalue weighted by molar-refractivity contribution is 5.70. The highest BCUT2D eigenvalue weighted by Crippen LogP contribution is 2.17. The summed E-state index contributed by atoms with van der Waals surface area (Å²) < 4.78 is 22.5. The molecule has 0 rings (SSSR count). The number of unbranched alkanes of at least 4 members (excludes halogenated alkanes) is 31. The number of carbonyl (C=O) groups is 3. The summed E-state index contributed by atoms with van der Waals surface area (Å²) >= 11 is 0. The Morgan fingerprint density at radius 2 is 0.776 bits per heavy atom. The summed E-state index contributed by atoms with van der Waals surface area (Å²) in [7, 11) is 5.91. The molecule has 9 heteroatoms. The van der Waals surface area contributed by atoms with E-state index in [9.17, 15) is 19.5 Å². The number of hydrogen-bond donors (Lipinski definition) is 0. The van der Waals surface area contributed by atoms with Gasteiger partial charge in [-0.25, -0.2) is 0 Å². The van der Waals surface area contributed by atoms with Gasteiger partial charge in [0.15, 0.2) is 12.4 Å². The summed E-state index contributed by atoms with van der Waals surface area (Å²) in [5.41, 5.74) is 0. The Morgan fingerprint density at radius 1 is 0.448 bits per heavy atom. The first-order valence-electron chi connectivity index (χ1n) is 24.7. The number of hydrogen-bond acceptors (Lipinski definition) is 8. The molecule has 0 heterocycles. The molecule has 0 radical (unpaired) electrons. The summed E-state index contributed by atoms with van der Waals surface area (Å²) in [4.78, 5) is 36.9. The van der Waals surface area contributed by atoms with Crippen LogP contribution in [-0.2, 0) is 33.3 Å². The lowest BCUT2D eigenvalue weighted by Crippen LogP contribution is -2.44. The van der Waals surface area contributed by atoms with Gasteiger partial charge in [-0.2, -0.15) is 0 Å². The van der Waals surface area contributed by atoms with Crippen LogP contribution < -0.4 is 5.11 Å². The van der Waals surface area contributed by atoms with Crippen molar-refractivity contribution in [1.82, 2.24) is 0 Å². The van der Waals surface area contributed by atoms with Gasteiger partial charge in [-0.15, -0.1) is 0 Å². The maximum absolute atomic E-state index is 12.7. The molecule has 58 heavy (non-hydrogen) atoms. The summed E-state index contributed by atoms with van der Waals surface area (Å²) in [5.74, 6) is -2.27. The third-order valence-electron chi connectivity index (χ3n) is 11.1. The van der Waals surface area contributed by atoms with Gasteiger partial charge in [-0.3, -0.25) is 9.59 Å². The second kappa shape index (κ2) is 42.0. The first-order valence-corrected chi connectivity index (χ1v) is 24.7. The Hall–Kier alpha value is -1.71. The van der Waals surface area contributed by atoms with Crippen molar-refractivity contribution in [3.63, 3.8) is 0 Å². The fraction of sp³-hybridized carbons (Fsp3) is 0.939. The van der Waals surface area contributed by atoms with Crippen molar-refractivity contribution in [2.45, 2.75) is 251 Å². The zero-order valence-corrected chi connectivity index (χ0v) is 38.9. The van der Waals surface area contributed by atoms with E-state index < -0.39 is 24.3 Å². The van der Waals surface area contributed by atoms with Gasteiger partial charge in [-0.1, -0.05) is 213 Å². The lowest BCUT2D eigenvalue weighted by atomic mass is 10.0. The van der Waals surface area contributed by atoms with Gasteiger partial charge in [0, 0.05) is 12.8 Å². The standard InChI is InChI=1S/C49H95NO8/c1-6-8-10-12-14-16-17-18-19-20-21-22-23-24-25-26-27-28-29-30-31-32-34-36-38-40-47(52)58-45(44-57-49(48(53)54)55-42-41-50(3,4)5)43-56-46(51)39-37-35-33-15-13-11-9-7-2/h45,49H,6-44H2,1-5H3. The van der Waals surface area contributed by atoms with Crippen LogP contribution in [0.25, 0.3) is 0 Å². The van der Waals surface area contributed by atoms with Gasteiger partial charge in [0.1, 0.15) is 13.2 Å². The molecule has 0 amide bonds. The van der Waals surface area contributed by atoms with Crippen LogP contribution in [0.15, 0.2) is 0 Å². The van der Waals surface area contributed by atoms with Crippen LogP contribution >= 0.6 is 0 Å². The molecule has 0 aromatic carbocycles. The van der Waals surface area contributed by atoms with Crippen molar-refractivity contribution in [2.24, 2.45) is 0 Å². The van der Waals surface area contributed by atoms with E-state index in [2.05, 4.69) is 13.8 Å². The molecular formula is C49H95NO8. The predicted octanol–water partition coefficient (Wildman–Crippen LogP) is 12.0. The van der Waals surface area contributed by atoms with E-state index in [1.54, 1.807) is 0 Å². The minimum atomic E-state index is -1.61. The number of esters is 2. The van der Waals surface area contributed by atoms with Crippen molar-refractivity contribution in [2.75, 3.05) is 47.5 Å². The maximum atomic E-state index is 12.7. The fourth-order valence-electron chi connectivity index (χ4n) is 7.24. The van der Waals surface area contributed by atoms with E-state index >= 15 is 0 Å². The predicted molar refractivity (Wildman–Crippen MR) is 237 cm³/mol. The first-order chi connectivity index (χ1) is 28.1. The molecular weight excluding hydrogens is 731 g/mol. The van der Waals surface area contributed by atoms with Crippen molar-refractivity contribution in [3.05, 3.63) is 0 Å². The van der Waals surface area contributed by atoms with E-state index in [0.29, 0.717) is 17.4 Å². The Balaban J connectivity index is 4.11. The zero-order chi connectivity index (χ0) is 42.8. The van der Waals surface area contributed by atoms with E-state index in [1.165, 1.54) is 173 Å². The van der Waals surface area contributed by atoms with E-state index in [0.717, 1.165) is 38.5 Å². The largest absolute Gasteiger partial charge is 0.545 e. The molecule has 2 unspecified atom stereocenters. The molecule has 0 N–H and O–H groups in total. The molecule has 9 nitrogen and oxygen atoms in total. The number of carboxylic acid groups (broad SMARTS) is 1. The van der Waals surface area contributed by atoms with Crippen LogP contribution in [0.4, 0.5) is 0 Å². The van der Waals surface area contributed by atoms with Crippen molar-refractivity contribution >= 4 is 17.9 Å². The number of quaternary nitrogens is 1. The number of likely N-dealkylation sites (N-methyl/N-ethyl adjacent to an activating group) is 1. The minimum Gasteiger partial charge on any atom is -0.545 e. The SMILES string of the molecule is CCCCCCCCCCCCCCCCCCCCCCCCCCCC(=O)OC(COC(=O)CCCCCCCCCC)COC(OCC[N+](C)(C)C)C(=O)[O-]. The van der Waals surface area contributed by atoms with Crippen LogP contribution in [0.2, 0.25) is 0 Å². The van der Waals surface area contributed by atoms with Crippen LogP contribution in [0.1, 0.15) is 239 Å². The Morgan fingerprint density at radius 3 is 1.10 bits per heavy atom. The molecule has 0 saturated carbocycles. The van der Waals surface area contributed by atoms with Gasteiger partial charge < -0.3 is 33.3 Å². The summed E-state index contributed by atoms with van der Waals surface area (Å²) in [6, 6.07) is 0.